The van der Waals surface area contributed by atoms with Crippen LogP contribution in [0.15, 0.2) is 0 Å². The third-order valence-electron chi connectivity index (χ3n) is 5.86. The van der Waals surface area contributed by atoms with E-state index in [9.17, 15) is 0 Å². The molecule has 0 radical (unpaired) electrons. The minimum atomic E-state index is -2.13. The lowest BCUT2D eigenvalue weighted by Crippen LogP contribution is -2.45. The molecule has 0 aromatic rings. The summed E-state index contributed by atoms with van der Waals surface area (Å²) in [7, 11) is 14.7. The van der Waals surface area contributed by atoms with Crippen molar-refractivity contribution in [2.45, 2.75) is 57.5 Å². The molecule has 164 valence electrons. The minimum absolute atomic E-state index is 0.330. The van der Waals surface area contributed by atoms with Crippen LogP contribution < -0.4 is 0 Å². The van der Waals surface area contributed by atoms with Crippen LogP contribution in [0.3, 0.4) is 0 Å². The molecule has 0 aromatic heterocycles. The van der Waals surface area contributed by atoms with Crippen LogP contribution in [0.25, 0.3) is 0 Å². The van der Waals surface area contributed by atoms with Crippen LogP contribution in [0.2, 0.25) is 12.1 Å². The van der Waals surface area contributed by atoms with Crippen LogP contribution in [0, 0.1) is 5.41 Å². The maximum Gasteiger partial charge on any atom is 0.337 e. The Morgan fingerprint density at radius 3 is 1.22 bits per heavy atom. The zero-order valence-corrected chi connectivity index (χ0v) is 20.9. The second-order valence-electron chi connectivity index (χ2n) is 9.07. The van der Waals surface area contributed by atoms with Crippen LogP contribution >= 0.6 is 0 Å². The van der Waals surface area contributed by atoms with E-state index < -0.39 is 8.56 Å². The molecule has 0 bridgehead atoms. The van der Waals surface area contributed by atoms with E-state index in [1.165, 1.54) is 38.5 Å². The maximum absolute atomic E-state index is 6.06. The van der Waals surface area contributed by atoms with Gasteiger partial charge in [0.05, 0.1) is 0 Å². The second-order valence-corrected chi connectivity index (χ2v) is 12.8. The summed E-state index contributed by atoms with van der Waals surface area (Å²) < 4.78 is 12.1. The first kappa shape index (κ1) is 27.0. The van der Waals surface area contributed by atoms with Gasteiger partial charge in [-0.1, -0.05) is 6.92 Å². The van der Waals surface area contributed by atoms with Crippen molar-refractivity contribution in [1.82, 2.24) is 14.7 Å². The summed E-state index contributed by atoms with van der Waals surface area (Å²) in [5.41, 5.74) is 0.330. The summed E-state index contributed by atoms with van der Waals surface area (Å²) in [5, 5.41) is 0. The summed E-state index contributed by atoms with van der Waals surface area (Å²) in [6, 6.07) is 2.15. The fourth-order valence-electron chi connectivity index (χ4n) is 4.16. The Kier molecular flexibility index (Phi) is 14.1. The highest BCUT2D eigenvalue weighted by Crippen LogP contribution is 2.44. The van der Waals surface area contributed by atoms with Crippen molar-refractivity contribution >= 4 is 8.56 Å². The molecule has 0 fully saturated rings. The molecule has 0 saturated carbocycles. The molecule has 0 aliphatic rings. The summed E-state index contributed by atoms with van der Waals surface area (Å²) >= 11 is 0. The Bertz CT molecular complexity index is 317. The summed E-state index contributed by atoms with van der Waals surface area (Å²) in [4.78, 5) is 6.92. The van der Waals surface area contributed by atoms with Gasteiger partial charge < -0.3 is 23.6 Å². The lowest BCUT2D eigenvalue weighted by Gasteiger charge is -2.41. The van der Waals surface area contributed by atoms with Crippen LogP contribution in [-0.4, -0.2) is 99.4 Å². The molecule has 0 N–H and O–H groups in total. The van der Waals surface area contributed by atoms with Crippen LogP contribution in [-0.2, 0) is 8.85 Å². The Morgan fingerprint density at radius 1 is 0.667 bits per heavy atom. The Labute approximate surface area is 171 Å². The normalized spacial score (nSPS) is 13.3. The van der Waals surface area contributed by atoms with Gasteiger partial charge in [0.1, 0.15) is 0 Å². The molecule has 0 aliphatic heterocycles. The van der Waals surface area contributed by atoms with Gasteiger partial charge in [-0.25, -0.2) is 0 Å². The van der Waals surface area contributed by atoms with Crippen molar-refractivity contribution in [3.63, 3.8) is 0 Å². The predicted octanol–water partition coefficient (Wildman–Crippen LogP) is 3.75. The van der Waals surface area contributed by atoms with Gasteiger partial charge in [0, 0.05) is 14.2 Å². The first-order valence-corrected chi connectivity index (χ1v) is 12.9. The first-order chi connectivity index (χ1) is 12.6. The van der Waals surface area contributed by atoms with Crippen molar-refractivity contribution in [2.24, 2.45) is 5.41 Å². The molecule has 0 spiro atoms. The molecule has 6 heteroatoms. The van der Waals surface area contributed by atoms with E-state index in [2.05, 4.69) is 63.9 Å². The Hall–Kier alpha value is 0.0169. The van der Waals surface area contributed by atoms with E-state index in [0.29, 0.717) is 5.41 Å². The molecular formula is C21H49N3O2Si. The molecule has 0 aromatic carbocycles. The second kappa shape index (κ2) is 14.1. The third kappa shape index (κ3) is 11.6. The predicted molar refractivity (Wildman–Crippen MR) is 121 cm³/mol. The largest absolute Gasteiger partial charge is 0.398 e. The molecule has 0 atom stereocenters. The first-order valence-electron chi connectivity index (χ1n) is 10.7. The van der Waals surface area contributed by atoms with Gasteiger partial charge in [-0.2, -0.15) is 0 Å². The number of rotatable bonds is 17. The highest BCUT2D eigenvalue weighted by atomic mass is 28.4. The number of hydrogen-bond acceptors (Lipinski definition) is 5. The van der Waals surface area contributed by atoms with Gasteiger partial charge in [0.2, 0.25) is 0 Å². The lowest BCUT2D eigenvalue weighted by molar-refractivity contribution is 0.163. The standard InChI is InChI=1S/C21H49N3O2Si/c1-10-27(25-8,26-9)20-21(14-11-17-22(2)3,15-12-18-23(4)5)16-13-19-24(6)7/h10-20H2,1-9H3. The van der Waals surface area contributed by atoms with Crippen LogP contribution in [0.5, 0.6) is 0 Å². The van der Waals surface area contributed by atoms with E-state index in [1.54, 1.807) is 0 Å². The molecular weight excluding hydrogens is 354 g/mol. The smallest absolute Gasteiger partial charge is 0.337 e. The molecule has 0 saturated heterocycles. The van der Waals surface area contributed by atoms with E-state index in [-0.39, 0.29) is 0 Å². The van der Waals surface area contributed by atoms with Gasteiger partial charge in [0.15, 0.2) is 0 Å². The lowest BCUT2D eigenvalue weighted by atomic mass is 9.76. The van der Waals surface area contributed by atoms with Gasteiger partial charge in [-0.15, -0.1) is 0 Å². The zero-order chi connectivity index (χ0) is 20.9. The van der Waals surface area contributed by atoms with Crippen LogP contribution in [0.1, 0.15) is 45.4 Å². The van der Waals surface area contributed by atoms with Gasteiger partial charge in [0.25, 0.3) is 0 Å². The topological polar surface area (TPSA) is 28.2 Å². The number of nitrogens with zero attached hydrogens (tertiary/aromatic N) is 3. The molecule has 0 amide bonds. The summed E-state index contributed by atoms with van der Waals surface area (Å²) in [6.45, 7) is 5.71. The fourth-order valence-corrected chi connectivity index (χ4v) is 7.12. The third-order valence-corrected chi connectivity index (χ3v) is 9.72. The monoisotopic (exact) mass is 403 g/mol. The summed E-state index contributed by atoms with van der Waals surface area (Å²) in [6.07, 6.45) is 7.56. The van der Waals surface area contributed by atoms with E-state index in [4.69, 9.17) is 8.85 Å². The van der Waals surface area contributed by atoms with E-state index in [0.717, 1.165) is 31.7 Å². The van der Waals surface area contributed by atoms with Gasteiger partial charge in [-0.3, -0.25) is 0 Å². The van der Waals surface area contributed by atoms with Crippen molar-refractivity contribution < 1.29 is 8.85 Å². The molecule has 5 nitrogen and oxygen atoms in total. The summed E-state index contributed by atoms with van der Waals surface area (Å²) in [5.74, 6) is 0. The van der Waals surface area contributed by atoms with Crippen molar-refractivity contribution in [3.8, 4) is 0 Å². The van der Waals surface area contributed by atoms with Crippen molar-refractivity contribution in [3.05, 3.63) is 0 Å². The maximum atomic E-state index is 6.06. The highest BCUT2D eigenvalue weighted by molar-refractivity contribution is 6.67. The molecule has 0 heterocycles. The van der Waals surface area contributed by atoms with Crippen molar-refractivity contribution in [2.75, 3.05) is 76.1 Å². The SMILES string of the molecule is CC[Si](CC(CCCN(C)C)(CCCN(C)C)CCCN(C)C)(OC)OC. The Morgan fingerprint density at radius 2 is 1.00 bits per heavy atom. The van der Waals surface area contributed by atoms with Crippen LogP contribution in [0.4, 0.5) is 0 Å². The fraction of sp³-hybridized carbons (Fsp3) is 1.00. The highest BCUT2D eigenvalue weighted by Gasteiger charge is 2.43. The van der Waals surface area contributed by atoms with E-state index in [1.807, 2.05) is 14.2 Å². The molecule has 0 rings (SSSR count). The average Bonchev–Trinajstić information content (AvgIpc) is 2.59. The van der Waals surface area contributed by atoms with Gasteiger partial charge in [-0.05, 0) is 118 Å². The van der Waals surface area contributed by atoms with E-state index >= 15 is 0 Å². The Balaban J connectivity index is 5.42. The number of hydrogen-bond donors (Lipinski definition) is 0. The van der Waals surface area contributed by atoms with Gasteiger partial charge >= 0.3 is 8.56 Å². The average molecular weight is 404 g/mol. The minimum Gasteiger partial charge on any atom is -0.398 e. The molecule has 0 unspecified atom stereocenters. The zero-order valence-electron chi connectivity index (χ0n) is 19.9. The molecule has 27 heavy (non-hydrogen) atoms. The molecule has 0 aliphatic carbocycles. The van der Waals surface area contributed by atoms with Crippen molar-refractivity contribution in [1.29, 1.82) is 0 Å². The quantitative estimate of drug-likeness (QED) is 0.345.